The van der Waals surface area contributed by atoms with E-state index in [4.69, 9.17) is 0 Å². The number of phenolic OH excluding ortho intramolecular Hbond substituents is 2. The first-order valence-corrected chi connectivity index (χ1v) is 12.3. The molecule has 0 aliphatic rings. The minimum absolute atomic E-state index is 0.258. The quantitative estimate of drug-likeness (QED) is 0.491. The molecule has 2 N–H and O–H groups in total. The Hall–Kier alpha value is -3.09. The van der Waals surface area contributed by atoms with Gasteiger partial charge in [-0.05, 0) is 0 Å². The fourth-order valence-electron chi connectivity index (χ4n) is 4.70. The molecule has 3 heteroatoms. The summed E-state index contributed by atoms with van der Waals surface area (Å²) in [7, 11) is 0. The van der Waals surface area contributed by atoms with Gasteiger partial charge in [0.05, 0.1) is 0 Å². The van der Waals surface area contributed by atoms with Crippen molar-refractivity contribution in [1.29, 1.82) is 0 Å². The van der Waals surface area contributed by atoms with Crippen molar-refractivity contribution in [2.24, 2.45) is 0 Å². The topological polar surface area (TPSA) is 40.5 Å². The van der Waals surface area contributed by atoms with Crippen LogP contribution in [0.5, 0.6) is 11.5 Å². The van der Waals surface area contributed by atoms with Gasteiger partial charge in [0, 0.05) is 0 Å². The number of hydrogen-bond donors (Lipinski definition) is 2. The second-order valence-electron chi connectivity index (χ2n) is 7.32. The van der Waals surface area contributed by atoms with E-state index in [1.165, 1.54) is 21.2 Å². The molecule has 0 saturated carbocycles. The molecule has 0 unspecified atom stereocenters. The summed E-state index contributed by atoms with van der Waals surface area (Å²) < 4.78 is 0. The first-order valence-electron chi connectivity index (χ1n) is 9.83. The molecule has 0 atom stereocenters. The molecule has 0 bridgehead atoms. The molecule has 0 aliphatic carbocycles. The molecule has 29 heavy (non-hydrogen) atoms. The van der Waals surface area contributed by atoms with Gasteiger partial charge in [-0.3, -0.25) is 0 Å². The zero-order chi connectivity index (χ0) is 20.3. The van der Waals surface area contributed by atoms with E-state index in [2.05, 4.69) is 79.7 Å². The molecule has 4 aromatic carbocycles. The third-order valence-corrected chi connectivity index (χ3v) is 13.1. The van der Waals surface area contributed by atoms with Crippen LogP contribution >= 0.6 is 6.60 Å². The van der Waals surface area contributed by atoms with E-state index in [9.17, 15) is 10.2 Å². The van der Waals surface area contributed by atoms with Crippen LogP contribution in [0.3, 0.4) is 0 Å². The summed E-state index contributed by atoms with van der Waals surface area (Å²) in [5, 5.41) is 24.9. The maximum absolute atomic E-state index is 10.0. The van der Waals surface area contributed by atoms with Crippen molar-refractivity contribution in [3.8, 4) is 11.5 Å². The van der Waals surface area contributed by atoms with Gasteiger partial charge in [-0.2, -0.15) is 0 Å². The summed E-state index contributed by atoms with van der Waals surface area (Å²) in [6.07, 6.45) is 0.884. The molecule has 2 nitrogen and oxygen atoms in total. The average molecular weight is 400 g/mol. The summed E-state index contributed by atoms with van der Waals surface area (Å²) in [5.74, 6) is 0.515. The SMILES string of the molecule is CCP(c1ccccc1)(c1ccccc1)(c1ccc(O)cc1)c1ccc(O)cc1. The van der Waals surface area contributed by atoms with E-state index in [0.717, 1.165) is 6.16 Å². The number of aromatic hydroxyl groups is 2. The zero-order valence-corrected chi connectivity index (χ0v) is 17.3. The molecule has 0 fully saturated rings. The van der Waals surface area contributed by atoms with E-state index in [1.807, 2.05) is 12.1 Å². The maximum atomic E-state index is 10.0. The molecule has 0 saturated heterocycles. The van der Waals surface area contributed by atoms with Crippen LogP contribution in [0, 0.1) is 0 Å². The summed E-state index contributed by atoms with van der Waals surface area (Å²) >= 11 is 0. The minimum atomic E-state index is -3.11. The Bertz CT molecular complexity index is 1000. The van der Waals surface area contributed by atoms with E-state index in [-0.39, 0.29) is 11.5 Å². The van der Waals surface area contributed by atoms with Crippen molar-refractivity contribution in [3.05, 3.63) is 109 Å². The summed E-state index contributed by atoms with van der Waals surface area (Å²) in [4.78, 5) is 0. The van der Waals surface area contributed by atoms with E-state index in [1.54, 1.807) is 24.3 Å². The molecule has 4 rings (SSSR count). The zero-order valence-electron chi connectivity index (χ0n) is 16.4. The van der Waals surface area contributed by atoms with Gasteiger partial charge in [0.25, 0.3) is 0 Å². The summed E-state index contributed by atoms with van der Waals surface area (Å²) in [6.45, 7) is -0.865. The molecular weight excluding hydrogens is 375 g/mol. The monoisotopic (exact) mass is 400 g/mol. The van der Waals surface area contributed by atoms with Crippen molar-refractivity contribution in [1.82, 2.24) is 0 Å². The summed E-state index contributed by atoms with van der Waals surface area (Å²) in [5.41, 5.74) is 0. The van der Waals surface area contributed by atoms with Crippen LogP contribution in [-0.4, -0.2) is 16.4 Å². The Labute approximate surface area is 172 Å². The first kappa shape index (κ1) is 19.2. The molecule has 0 aromatic heterocycles. The Balaban J connectivity index is 2.26. The third-order valence-electron chi connectivity index (χ3n) is 6.12. The van der Waals surface area contributed by atoms with E-state index >= 15 is 0 Å². The van der Waals surface area contributed by atoms with Gasteiger partial charge in [0.15, 0.2) is 0 Å². The summed E-state index contributed by atoms with van der Waals surface area (Å²) in [6, 6.07) is 36.7. The molecule has 0 heterocycles. The number of hydrogen-bond acceptors (Lipinski definition) is 2. The van der Waals surface area contributed by atoms with Gasteiger partial charge in [-0.15, -0.1) is 0 Å². The predicted octanol–water partition coefficient (Wildman–Crippen LogP) is 4.27. The van der Waals surface area contributed by atoms with E-state index in [0.29, 0.717) is 0 Å². The van der Waals surface area contributed by atoms with Crippen molar-refractivity contribution in [2.45, 2.75) is 6.92 Å². The number of benzene rings is 4. The average Bonchev–Trinajstić information content (AvgIpc) is 2.79. The van der Waals surface area contributed by atoms with Crippen LogP contribution in [0.4, 0.5) is 0 Å². The Kier molecular flexibility index (Phi) is 4.90. The fourth-order valence-corrected chi connectivity index (χ4v) is 11.2. The van der Waals surface area contributed by atoms with Crippen molar-refractivity contribution in [3.63, 3.8) is 0 Å². The molecular formula is C26H25O2P. The van der Waals surface area contributed by atoms with Gasteiger partial charge >= 0.3 is 172 Å². The second-order valence-corrected chi connectivity index (χ2v) is 12.6. The third kappa shape index (κ3) is 2.75. The predicted molar refractivity (Wildman–Crippen MR) is 125 cm³/mol. The molecule has 0 spiro atoms. The molecule has 0 radical (unpaired) electrons. The van der Waals surface area contributed by atoms with Crippen LogP contribution in [0.15, 0.2) is 109 Å². The van der Waals surface area contributed by atoms with Gasteiger partial charge in [-0.1, -0.05) is 0 Å². The van der Waals surface area contributed by atoms with Gasteiger partial charge in [0.1, 0.15) is 0 Å². The van der Waals surface area contributed by atoms with Gasteiger partial charge < -0.3 is 0 Å². The van der Waals surface area contributed by atoms with Gasteiger partial charge in [0.2, 0.25) is 0 Å². The number of phenols is 2. The standard InChI is InChI=1S/C26H25O2P/c1-2-29(23-9-5-3-6-10-23,24-11-7-4-8-12-24,25-17-13-21(27)14-18-25)26-19-15-22(28)16-20-26/h3-20,27-28H,2H2,1H3. The van der Waals surface area contributed by atoms with Crippen molar-refractivity contribution in [2.75, 3.05) is 6.16 Å². The van der Waals surface area contributed by atoms with E-state index < -0.39 is 6.60 Å². The molecule has 4 aromatic rings. The Morgan fingerprint density at radius 2 is 0.793 bits per heavy atom. The molecule has 0 aliphatic heterocycles. The molecule has 146 valence electrons. The fraction of sp³-hybridized carbons (Fsp3) is 0.0769. The normalized spacial score (nSPS) is 12.8. The van der Waals surface area contributed by atoms with Gasteiger partial charge in [-0.25, -0.2) is 0 Å². The van der Waals surface area contributed by atoms with Crippen LogP contribution in [0.2, 0.25) is 0 Å². The van der Waals surface area contributed by atoms with Crippen LogP contribution < -0.4 is 21.2 Å². The Morgan fingerprint density at radius 1 is 0.483 bits per heavy atom. The first-order chi connectivity index (χ1) is 14.1. The second kappa shape index (κ2) is 7.39. The Morgan fingerprint density at radius 3 is 1.10 bits per heavy atom. The molecule has 0 amide bonds. The van der Waals surface area contributed by atoms with Crippen LogP contribution in [0.25, 0.3) is 0 Å². The van der Waals surface area contributed by atoms with Crippen molar-refractivity contribution >= 4 is 27.8 Å². The van der Waals surface area contributed by atoms with Crippen LogP contribution in [-0.2, 0) is 0 Å². The number of rotatable bonds is 5. The van der Waals surface area contributed by atoms with Crippen molar-refractivity contribution < 1.29 is 10.2 Å². The van der Waals surface area contributed by atoms with Crippen LogP contribution in [0.1, 0.15) is 6.92 Å².